The van der Waals surface area contributed by atoms with Crippen molar-refractivity contribution in [1.29, 1.82) is 0 Å². The second-order valence-corrected chi connectivity index (χ2v) is 4.16. The minimum Gasteiger partial charge on any atom is -0.490 e. The first kappa shape index (κ1) is 16.0. The lowest BCUT2D eigenvalue weighted by molar-refractivity contribution is -0.122. The van der Waals surface area contributed by atoms with E-state index in [0.717, 1.165) is 6.42 Å². The lowest BCUT2D eigenvalue weighted by Crippen LogP contribution is -2.20. The Hall–Kier alpha value is -2.02. The van der Waals surface area contributed by atoms with Gasteiger partial charge in [-0.2, -0.15) is 0 Å². The Labute approximate surface area is 117 Å². The maximum Gasteiger partial charge on any atom is 0.243 e. The minimum absolute atomic E-state index is 0.133. The van der Waals surface area contributed by atoms with Crippen LogP contribution in [0.15, 0.2) is 12.1 Å². The van der Waals surface area contributed by atoms with Crippen molar-refractivity contribution in [3.63, 3.8) is 0 Å². The van der Waals surface area contributed by atoms with Crippen LogP contribution in [-0.4, -0.2) is 32.3 Å². The Balaban J connectivity index is 2.53. The van der Waals surface area contributed by atoms with Crippen LogP contribution in [-0.2, 0) is 9.53 Å². The van der Waals surface area contributed by atoms with E-state index >= 15 is 0 Å². The quantitative estimate of drug-likeness (QED) is 0.466. The molecular weight excluding hydrogens is 265 g/mol. The van der Waals surface area contributed by atoms with E-state index in [9.17, 15) is 9.18 Å². The highest BCUT2D eigenvalue weighted by molar-refractivity contribution is 5.75. The molecule has 0 unspecified atom stereocenters. The van der Waals surface area contributed by atoms with Crippen LogP contribution >= 0.6 is 0 Å². The third kappa shape index (κ3) is 5.31. The van der Waals surface area contributed by atoms with Gasteiger partial charge in [0.2, 0.25) is 5.91 Å². The standard InChI is InChI=1S/C13H20FN3O3/c1-2-4-20-12-7-11(10(15)6-9(12)14)17-3-5-19-8-13(16)18/h6-7,17H,2-5,8,15H2,1H3,(H2,16,18). The van der Waals surface area contributed by atoms with Gasteiger partial charge in [0.25, 0.3) is 0 Å². The average Bonchev–Trinajstić information content (AvgIpc) is 2.39. The van der Waals surface area contributed by atoms with Crippen LogP contribution < -0.4 is 21.5 Å². The maximum absolute atomic E-state index is 13.6. The number of carbonyl (C=O) groups excluding carboxylic acids is 1. The first-order valence-electron chi connectivity index (χ1n) is 6.36. The molecule has 0 aromatic heterocycles. The molecule has 112 valence electrons. The maximum atomic E-state index is 13.6. The molecule has 0 aliphatic heterocycles. The third-order valence-electron chi connectivity index (χ3n) is 2.37. The fourth-order valence-electron chi connectivity index (χ4n) is 1.48. The summed E-state index contributed by atoms with van der Waals surface area (Å²) in [7, 11) is 0. The molecule has 1 amide bonds. The number of benzene rings is 1. The van der Waals surface area contributed by atoms with E-state index in [1.807, 2.05) is 6.92 Å². The molecule has 7 heteroatoms. The first-order valence-corrected chi connectivity index (χ1v) is 6.36. The number of ether oxygens (including phenoxy) is 2. The molecule has 0 saturated carbocycles. The van der Waals surface area contributed by atoms with Crippen LogP contribution in [0.5, 0.6) is 5.75 Å². The van der Waals surface area contributed by atoms with Crippen LogP contribution in [0.25, 0.3) is 0 Å². The number of nitrogen functional groups attached to an aromatic ring is 1. The van der Waals surface area contributed by atoms with E-state index in [1.54, 1.807) is 0 Å². The Morgan fingerprint density at radius 2 is 2.15 bits per heavy atom. The molecule has 6 nitrogen and oxygen atoms in total. The zero-order valence-corrected chi connectivity index (χ0v) is 11.4. The predicted octanol–water partition coefficient (Wildman–Crippen LogP) is 1.11. The van der Waals surface area contributed by atoms with Crippen LogP contribution in [0.4, 0.5) is 15.8 Å². The second-order valence-electron chi connectivity index (χ2n) is 4.16. The van der Waals surface area contributed by atoms with E-state index in [-0.39, 0.29) is 24.7 Å². The summed E-state index contributed by atoms with van der Waals surface area (Å²) in [5.74, 6) is -0.866. The molecule has 0 heterocycles. The van der Waals surface area contributed by atoms with Crippen LogP contribution in [0.1, 0.15) is 13.3 Å². The van der Waals surface area contributed by atoms with Crippen LogP contribution in [0.3, 0.4) is 0 Å². The molecule has 20 heavy (non-hydrogen) atoms. The van der Waals surface area contributed by atoms with E-state index < -0.39 is 11.7 Å². The van der Waals surface area contributed by atoms with Gasteiger partial charge in [-0.1, -0.05) is 6.92 Å². The highest BCUT2D eigenvalue weighted by Crippen LogP contribution is 2.28. The van der Waals surface area contributed by atoms with Crippen LogP contribution in [0.2, 0.25) is 0 Å². The summed E-state index contributed by atoms with van der Waals surface area (Å²) in [6.07, 6.45) is 0.785. The SMILES string of the molecule is CCCOc1cc(NCCOCC(N)=O)c(N)cc1F. The molecule has 0 atom stereocenters. The van der Waals surface area contributed by atoms with Gasteiger partial charge in [-0.15, -0.1) is 0 Å². The van der Waals surface area contributed by atoms with Crippen molar-refractivity contribution in [3.05, 3.63) is 17.9 Å². The largest absolute Gasteiger partial charge is 0.490 e. The van der Waals surface area contributed by atoms with Gasteiger partial charge in [0.05, 0.1) is 24.6 Å². The van der Waals surface area contributed by atoms with Gasteiger partial charge < -0.3 is 26.3 Å². The number of anilines is 2. The Bertz CT molecular complexity index is 455. The molecule has 0 aliphatic rings. The Morgan fingerprint density at radius 3 is 2.80 bits per heavy atom. The molecule has 0 aliphatic carbocycles. The zero-order valence-electron chi connectivity index (χ0n) is 11.4. The molecule has 1 rings (SSSR count). The summed E-state index contributed by atoms with van der Waals surface area (Å²) in [4.78, 5) is 10.5. The Morgan fingerprint density at radius 1 is 1.40 bits per heavy atom. The molecule has 0 fully saturated rings. The molecule has 1 aromatic carbocycles. The monoisotopic (exact) mass is 285 g/mol. The number of amides is 1. The summed E-state index contributed by atoms with van der Waals surface area (Å²) < 4.78 is 23.8. The predicted molar refractivity (Wildman–Crippen MR) is 75.1 cm³/mol. The van der Waals surface area contributed by atoms with Gasteiger partial charge in [-0.05, 0) is 6.42 Å². The van der Waals surface area contributed by atoms with Crippen molar-refractivity contribution in [2.24, 2.45) is 5.73 Å². The zero-order chi connectivity index (χ0) is 15.0. The number of halogens is 1. The summed E-state index contributed by atoms with van der Waals surface area (Å²) in [6, 6.07) is 2.71. The third-order valence-corrected chi connectivity index (χ3v) is 2.37. The fourth-order valence-corrected chi connectivity index (χ4v) is 1.48. The molecule has 1 aromatic rings. The number of carbonyl (C=O) groups is 1. The van der Waals surface area contributed by atoms with Crippen molar-refractivity contribution in [2.75, 3.05) is 37.4 Å². The average molecular weight is 285 g/mol. The summed E-state index contributed by atoms with van der Waals surface area (Å²) >= 11 is 0. The first-order chi connectivity index (χ1) is 9.54. The highest BCUT2D eigenvalue weighted by atomic mass is 19.1. The number of nitrogens with one attached hydrogen (secondary N) is 1. The topological polar surface area (TPSA) is 99.6 Å². The number of primary amides is 1. The van der Waals surface area contributed by atoms with E-state index in [0.29, 0.717) is 18.8 Å². The van der Waals surface area contributed by atoms with E-state index in [2.05, 4.69) is 5.32 Å². The summed E-state index contributed by atoms with van der Waals surface area (Å²) in [5, 5.41) is 2.98. The van der Waals surface area contributed by atoms with Gasteiger partial charge in [-0.3, -0.25) is 4.79 Å². The van der Waals surface area contributed by atoms with Crippen molar-refractivity contribution < 1.29 is 18.7 Å². The number of rotatable bonds is 9. The van der Waals surface area contributed by atoms with Gasteiger partial charge >= 0.3 is 0 Å². The smallest absolute Gasteiger partial charge is 0.243 e. The normalized spacial score (nSPS) is 10.3. The molecule has 0 bridgehead atoms. The molecule has 0 radical (unpaired) electrons. The molecule has 0 spiro atoms. The second kappa shape index (κ2) is 8.21. The molecule has 5 N–H and O–H groups in total. The van der Waals surface area contributed by atoms with Gasteiger partial charge in [0.15, 0.2) is 11.6 Å². The number of nitrogens with two attached hydrogens (primary N) is 2. The van der Waals surface area contributed by atoms with Crippen molar-refractivity contribution >= 4 is 17.3 Å². The fraction of sp³-hybridized carbons (Fsp3) is 0.462. The lowest BCUT2D eigenvalue weighted by Gasteiger charge is -2.13. The van der Waals surface area contributed by atoms with E-state index in [1.165, 1.54) is 12.1 Å². The van der Waals surface area contributed by atoms with Gasteiger partial charge in [0.1, 0.15) is 6.61 Å². The summed E-state index contributed by atoms with van der Waals surface area (Å²) in [6.45, 7) is 2.93. The molecule has 0 saturated heterocycles. The summed E-state index contributed by atoms with van der Waals surface area (Å²) in [5.41, 5.74) is 11.5. The number of hydrogen-bond donors (Lipinski definition) is 3. The molecular formula is C13H20FN3O3. The van der Waals surface area contributed by atoms with Gasteiger partial charge in [-0.25, -0.2) is 4.39 Å². The van der Waals surface area contributed by atoms with E-state index in [4.69, 9.17) is 20.9 Å². The minimum atomic E-state index is -0.526. The lowest BCUT2D eigenvalue weighted by atomic mass is 10.2. The van der Waals surface area contributed by atoms with Crippen molar-refractivity contribution in [2.45, 2.75) is 13.3 Å². The van der Waals surface area contributed by atoms with Gasteiger partial charge in [0, 0.05) is 18.7 Å². The van der Waals surface area contributed by atoms with Crippen molar-refractivity contribution in [3.8, 4) is 5.75 Å². The highest BCUT2D eigenvalue weighted by Gasteiger charge is 2.08. The van der Waals surface area contributed by atoms with Crippen molar-refractivity contribution in [1.82, 2.24) is 0 Å². The Kier molecular flexibility index (Phi) is 6.58. The van der Waals surface area contributed by atoms with Crippen LogP contribution in [0, 0.1) is 5.82 Å². The number of hydrogen-bond acceptors (Lipinski definition) is 5.